The van der Waals surface area contributed by atoms with Crippen LogP contribution in [0.1, 0.15) is 12.8 Å². The van der Waals surface area contributed by atoms with Crippen LogP contribution in [0.4, 0.5) is 13.2 Å². The van der Waals surface area contributed by atoms with Gasteiger partial charge < -0.3 is 15.4 Å². The van der Waals surface area contributed by atoms with E-state index in [1.165, 1.54) is 6.26 Å². The van der Waals surface area contributed by atoms with Crippen LogP contribution in [0.3, 0.4) is 0 Å². The minimum atomic E-state index is -4.53. The molecular formula is C11H17F3N2O2. The number of rotatable bonds is 6. The molecule has 0 saturated carbocycles. The molecule has 1 aliphatic heterocycles. The molecule has 1 unspecified atom stereocenters. The number of carbonyl (C=O) groups is 1. The Balaban J connectivity index is 2.49. The fourth-order valence-electron chi connectivity index (χ4n) is 1.87. The Morgan fingerprint density at radius 1 is 1.56 bits per heavy atom. The molecule has 104 valence electrons. The normalized spacial score (nSPS) is 23.7. The molecule has 0 spiro atoms. The van der Waals surface area contributed by atoms with Crippen LogP contribution in [0, 0.1) is 5.41 Å². The molecule has 1 atom stereocenters. The minimum absolute atomic E-state index is 0.157. The number of alkyl halides is 3. The Hall–Kier alpha value is -1.24. The van der Waals surface area contributed by atoms with Gasteiger partial charge in [0.2, 0.25) is 5.91 Å². The summed E-state index contributed by atoms with van der Waals surface area (Å²) in [4.78, 5) is 11.7. The van der Waals surface area contributed by atoms with Crippen molar-refractivity contribution in [1.29, 1.82) is 0 Å². The number of nitrogens with one attached hydrogen (secondary N) is 2. The summed E-state index contributed by atoms with van der Waals surface area (Å²) in [6.45, 7) is 3.66. The quantitative estimate of drug-likeness (QED) is 0.561. The zero-order valence-electron chi connectivity index (χ0n) is 9.98. The average Bonchev–Trinajstić information content (AvgIpc) is 2.78. The van der Waals surface area contributed by atoms with Crippen LogP contribution >= 0.6 is 0 Å². The third-order valence-corrected chi connectivity index (χ3v) is 2.97. The number of hydrogen-bond acceptors (Lipinski definition) is 3. The summed E-state index contributed by atoms with van der Waals surface area (Å²) in [6.07, 6.45) is -3.05. The lowest BCUT2D eigenvalue weighted by Gasteiger charge is -2.29. The number of halogens is 3. The minimum Gasteiger partial charge on any atom is -0.502 e. The predicted molar refractivity (Wildman–Crippen MR) is 59.8 cm³/mol. The van der Waals surface area contributed by atoms with Crippen molar-refractivity contribution < 1.29 is 22.7 Å². The first-order valence-corrected chi connectivity index (χ1v) is 5.72. The lowest BCUT2D eigenvalue weighted by atomic mass is 9.85. The first-order chi connectivity index (χ1) is 8.44. The second kappa shape index (κ2) is 6.08. The Morgan fingerprint density at radius 2 is 2.28 bits per heavy atom. The van der Waals surface area contributed by atoms with E-state index >= 15 is 0 Å². The van der Waals surface area contributed by atoms with E-state index in [4.69, 9.17) is 4.74 Å². The molecule has 0 radical (unpaired) electrons. The van der Waals surface area contributed by atoms with Gasteiger partial charge in [-0.3, -0.25) is 4.79 Å². The lowest BCUT2D eigenvalue weighted by molar-refractivity contribution is -0.216. The van der Waals surface area contributed by atoms with Crippen LogP contribution in [-0.4, -0.2) is 38.3 Å². The second-order valence-corrected chi connectivity index (χ2v) is 4.15. The number of hydrogen-bond donors (Lipinski definition) is 2. The molecule has 1 aliphatic rings. The zero-order valence-corrected chi connectivity index (χ0v) is 9.98. The van der Waals surface area contributed by atoms with Gasteiger partial charge in [-0.2, -0.15) is 13.2 Å². The number of amides is 1. The van der Waals surface area contributed by atoms with Crippen molar-refractivity contribution >= 4 is 5.91 Å². The van der Waals surface area contributed by atoms with Crippen molar-refractivity contribution in [3.8, 4) is 0 Å². The smallest absolute Gasteiger partial charge is 0.404 e. The molecule has 1 amide bonds. The van der Waals surface area contributed by atoms with Crippen LogP contribution in [0.5, 0.6) is 0 Å². The molecule has 2 N–H and O–H groups in total. The molecule has 0 aromatic carbocycles. The third-order valence-electron chi connectivity index (χ3n) is 2.97. The Morgan fingerprint density at radius 3 is 2.78 bits per heavy atom. The highest BCUT2D eigenvalue weighted by molar-refractivity contribution is 5.84. The molecule has 1 fully saturated rings. The van der Waals surface area contributed by atoms with Crippen LogP contribution in [-0.2, 0) is 9.53 Å². The van der Waals surface area contributed by atoms with Crippen molar-refractivity contribution in [3.63, 3.8) is 0 Å². The van der Waals surface area contributed by atoms with Crippen molar-refractivity contribution in [2.45, 2.75) is 19.0 Å². The van der Waals surface area contributed by atoms with Gasteiger partial charge >= 0.3 is 6.18 Å². The molecule has 1 heterocycles. The van der Waals surface area contributed by atoms with E-state index < -0.39 is 17.5 Å². The summed E-state index contributed by atoms with van der Waals surface area (Å²) in [6, 6.07) is 0. The highest BCUT2D eigenvalue weighted by Gasteiger charge is 2.61. The first-order valence-electron chi connectivity index (χ1n) is 5.72. The van der Waals surface area contributed by atoms with E-state index in [1.807, 2.05) is 0 Å². The molecule has 4 nitrogen and oxygen atoms in total. The predicted octanol–water partition coefficient (Wildman–Crippen LogP) is 1.19. The van der Waals surface area contributed by atoms with Gasteiger partial charge in [-0.15, -0.1) is 0 Å². The molecule has 7 heteroatoms. The summed E-state index contributed by atoms with van der Waals surface area (Å²) in [5.74, 6) is -0.960. The monoisotopic (exact) mass is 266 g/mol. The average molecular weight is 266 g/mol. The topological polar surface area (TPSA) is 50.4 Å². The Kier molecular flexibility index (Phi) is 5.01. The van der Waals surface area contributed by atoms with Gasteiger partial charge in [0.05, 0.1) is 12.9 Å². The van der Waals surface area contributed by atoms with Gasteiger partial charge in [0.1, 0.15) is 0 Å². The maximum atomic E-state index is 13.0. The van der Waals surface area contributed by atoms with E-state index in [1.54, 1.807) is 0 Å². The van der Waals surface area contributed by atoms with Crippen molar-refractivity contribution in [1.82, 2.24) is 10.6 Å². The molecular weight excluding hydrogens is 249 g/mol. The van der Waals surface area contributed by atoms with Gasteiger partial charge in [0.25, 0.3) is 0 Å². The summed E-state index contributed by atoms with van der Waals surface area (Å²) < 4.78 is 43.7. The van der Waals surface area contributed by atoms with Gasteiger partial charge in [-0.05, 0) is 19.4 Å². The van der Waals surface area contributed by atoms with Crippen LogP contribution in [0.2, 0.25) is 0 Å². The summed E-state index contributed by atoms with van der Waals surface area (Å²) in [7, 11) is 0. The number of ether oxygens (including phenoxy) is 1. The molecule has 18 heavy (non-hydrogen) atoms. The molecule has 0 aromatic heterocycles. The Bertz CT molecular complexity index is 299. The van der Waals surface area contributed by atoms with Gasteiger partial charge in [-0.1, -0.05) is 6.58 Å². The molecule has 1 rings (SSSR count). The van der Waals surface area contributed by atoms with Crippen molar-refractivity contribution in [2.24, 2.45) is 5.41 Å². The fraction of sp³-hybridized carbons (Fsp3) is 0.727. The van der Waals surface area contributed by atoms with Crippen molar-refractivity contribution in [3.05, 3.63) is 12.8 Å². The third kappa shape index (κ3) is 3.16. The van der Waals surface area contributed by atoms with Gasteiger partial charge in [0.15, 0.2) is 5.41 Å². The van der Waals surface area contributed by atoms with Crippen LogP contribution < -0.4 is 10.6 Å². The molecule has 0 aliphatic carbocycles. The SMILES string of the molecule is C=COCCCNC(=O)C1(C(F)(F)F)CCNC1. The lowest BCUT2D eigenvalue weighted by Crippen LogP contribution is -2.52. The van der Waals surface area contributed by atoms with Crippen molar-refractivity contribution in [2.75, 3.05) is 26.2 Å². The highest BCUT2D eigenvalue weighted by atomic mass is 19.4. The van der Waals surface area contributed by atoms with E-state index in [2.05, 4.69) is 17.2 Å². The second-order valence-electron chi connectivity index (χ2n) is 4.15. The molecule has 1 saturated heterocycles. The van der Waals surface area contributed by atoms with E-state index in [-0.39, 0.29) is 26.1 Å². The first kappa shape index (κ1) is 14.8. The standard InChI is InChI=1S/C11H17F3N2O2/c1-2-18-7-3-5-16-9(17)10(11(12,13)14)4-6-15-8-10/h2,15H,1,3-8H2,(H,16,17). The van der Waals surface area contributed by atoms with E-state index in [9.17, 15) is 18.0 Å². The maximum absolute atomic E-state index is 13.0. The highest BCUT2D eigenvalue weighted by Crippen LogP contribution is 2.43. The van der Waals surface area contributed by atoms with Crippen LogP contribution in [0.15, 0.2) is 12.8 Å². The summed E-state index contributed by atoms with van der Waals surface area (Å²) in [5.41, 5.74) is -2.29. The van der Waals surface area contributed by atoms with Gasteiger partial charge in [0, 0.05) is 13.1 Å². The number of carbonyl (C=O) groups excluding carboxylic acids is 1. The maximum Gasteiger partial charge on any atom is 0.404 e. The Labute approximate surface area is 104 Å². The summed E-state index contributed by atoms with van der Waals surface area (Å²) >= 11 is 0. The zero-order chi connectivity index (χ0) is 13.6. The fourth-order valence-corrected chi connectivity index (χ4v) is 1.87. The molecule has 0 aromatic rings. The molecule has 0 bridgehead atoms. The van der Waals surface area contributed by atoms with E-state index in [0.29, 0.717) is 13.0 Å². The summed E-state index contributed by atoms with van der Waals surface area (Å²) in [5, 5.41) is 4.91. The van der Waals surface area contributed by atoms with E-state index in [0.717, 1.165) is 0 Å². The van der Waals surface area contributed by atoms with Crippen LogP contribution in [0.25, 0.3) is 0 Å². The van der Waals surface area contributed by atoms with Gasteiger partial charge in [-0.25, -0.2) is 0 Å². The largest absolute Gasteiger partial charge is 0.502 e.